The van der Waals surface area contributed by atoms with E-state index in [1.165, 1.54) is 6.92 Å². The molecule has 2 aromatic rings. The number of carbonyl (C=O) groups is 2. The molecule has 22 heavy (non-hydrogen) atoms. The fraction of sp³-hybridized carbons (Fsp3) is 0.118. The van der Waals surface area contributed by atoms with Crippen LogP contribution < -0.4 is 5.32 Å². The third kappa shape index (κ3) is 3.70. The summed E-state index contributed by atoms with van der Waals surface area (Å²) in [4.78, 5) is 23.9. The number of anilines is 1. The maximum absolute atomic E-state index is 12.0. The molecular weight excluding hydrogens is 280 g/mol. The van der Waals surface area contributed by atoms with Gasteiger partial charge in [0.1, 0.15) is 6.07 Å². The van der Waals surface area contributed by atoms with E-state index >= 15 is 0 Å². The highest BCUT2D eigenvalue weighted by Crippen LogP contribution is 2.14. The van der Waals surface area contributed by atoms with Crippen molar-refractivity contribution in [1.82, 2.24) is 0 Å². The lowest BCUT2D eigenvalue weighted by Gasteiger charge is -2.14. The first kappa shape index (κ1) is 15.3. The zero-order valence-corrected chi connectivity index (χ0v) is 11.9. The van der Waals surface area contributed by atoms with Crippen molar-refractivity contribution in [2.75, 3.05) is 5.32 Å². The van der Waals surface area contributed by atoms with E-state index < -0.39 is 18.0 Å². The molecule has 0 fully saturated rings. The van der Waals surface area contributed by atoms with Gasteiger partial charge in [-0.15, -0.1) is 0 Å². The third-order valence-corrected chi connectivity index (χ3v) is 2.97. The van der Waals surface area contributed by atoms with Gasteiger partial charge in [-0.3, -0.25) is 4.79 Å². The Morgan fingerprint density at radius 3 is 2.41 bits per heavy atom. The second-order valence-corrected chi connectivity index (χ2v) is 4.56. The number of amides is 1. The van der Waals surface area contributed by atoms with Gasteiger partial charge in [-0.2, -0.15) is 5.26 Å². The first-order valence-corrected chi connectivity index (χ1v) is 6.68. The van der Waals surface area contributed by atoms with Crippen molar-refractivity contribution in [3.8, 4) is 6.07 Å². The van der Waals surface area contributed by atoms with Gasteiger partial charge in [0.05, 0.1) is 16.8 Å². The molecule has 0 aliphatic heterocycles. The highest BCUT2D eigenvalue weighted by molar-refractivity contribution is 5.98. The molecule has 1 N–H and O–H groups in total. The summed E-state index contributed by atoms with van der Waals surface area (Å²) in [6, 6.07) is 17.0. The van der Waals surface area contributed by atoms with Gasteiger partial charge in [-0.1, -0.05) is 30.3 Å². The van der Waals surface area contributed by atoms with Crippen molar-refractivity contribution in [2.24, 2.45) is 0 Å². The largest absolute Gasteiger partial charge is 0.449 e. The zero-order chi connectivity index (χ0) is 15.9. The van der Waals surface area contributed by atoms with Crippen LogP contribution >= 0.6 is 0 Å². The molecule has 0 aliphatic carbocycles. The normalized spacial score (nSPS) is 11.1. The van der Waals surface area contributed by atoms with Crippen LogP contribution in [0.1, 0.15) is 22.8 Å². The molecule has 0 saturated carbocycles. The lowest BCUT2D eigenvalue weighted by atomic mass is 10.2. The average molecular weight is 294 g/mol. The molecule has 1 atom stereocenters. The number of ether oxygens (including phenoxy) is 1. The summed E-state index contributed by atoms with van der Waals surface area (Å²) in [7, 11) is 0. The quantitative estimate of drug-likeness (QED) is 0.879. The van der Waals surface area contributed by atoms with Crippen LogP contribution in [0, 0.1) is 11.3 Å². The van der Waals surface area contributed by atoms with Crippen molar-refractivity contribution in [3.05, 3.63) is 65.7 Å². The Bertz CT molecular complexity index is 720. The Labute approximate surface area is 128 Å². The van der Waals surface area contributed by atoms with Gasteiger partial charge in [0.25, 0.3) is 5.91 Å². The predicted octanol–water partition coefficient (Wildman–Crippen LogP) is 2.74. The van der Waals surface area contributed by atoms with E-state index in [1.54, 1.807) is 54.6 Å². The molecule has 0 aliphatic rings. The van der Waals surface area contributed by atoms with E-state index in [0.29, 0.717) is 16.8 Å². The van der Waals surface area contributed by atoms with Crippen LogP contribution in [0.4, 0.5) is 5.69 Å². The summed E-state index contributed by atoms with van der Waals surface area (Å²) in [5.41, 5.74) is 1.11. The molecular formula is C17H14N2O3. The van der Waals surface area contributed by atoms with Gasteiger partial charge >= 0.3 is 5.97 Å². The van der Waals surface area contributed by atoms with Gasteiger partial charge < -0.3 is 10.1 Å². The van der Waals surface area contributed by atoms with Crippen LogP contribution in [0.5, 0.6) is 0 Å². The summed E-state index contributed by atoms with van der Waals surface area (Å²) >= 11 is 0. The van der Waals surface area contributed by atoms with Crippen LogP contribution in [-0.2, 0) is 9.53 Å². The molecule has 2 rings (SSSR count). The van der Waals surface area contributed by atoms with Crippen molar-refractivity contribution in [3.63, 3.8) is 0 Å². The Hall–Kier alpha value is -3.13. The predicted molar refractivity (Wildman–Crippen MR) is 81.1 cm³/mol. The Kier molecular flexibility index (Phi) is 4.89. The lowest BCUT2D eigenvalue weighted by molar-refractivity contribution is -0.123. The number of benzene rings is 2. The minimum absolute atomic E-state index is 0.345. The minimum Gasteiger partial charge on any atom is -0.449 e. The summed E-state index contributed by atoms with van der Waals surface area (Å²) in [6.45, 7) is 1.48. The van der Waals surface area contributed by atoms with Gasteiger partial charge in [0, 0.05) is 0 Å². The fourth-order valence-electron chi connectivity index (χ4n) is 1.78. The van der Waals surface area contributed by atoms with E-state index in [0.717, 1.165) is 0 Å². The van der Waals surface area contributed by atoms with Crippen LogP contribution in [-0.4, -0.2) is 18.0 Å². The van der Waals surface area contributed by atoms with Gasteiger partial charge in [0.2, 0.25) is 0 Å². The van der Waals surface area contributed by atoms with Gasteiger partial charge in [0.15, 0.2) is 6.10 Å². The molecule has 0 unspecified atom stereocenters. The van der Waals surface area contributed by atoms with Crippen LogP contribution in [0.25, 0.3) is 0 Å². The number of esters is 1. The maximum Gasteiger partial charge on any atom is 0.338 e. The first-order valence-electron chi connectivity index (χ1n) is 6.68. The topological polar surface area (TPSA) is 79.2 Å². The molecule has 0 spiro atoms. The summed E-state index contributed by atoms with van der Waals surface area (Å²) in [6.07, 6.45) is -0.973. The maximum atomic E-state index is 12.0. The number of nitriles is 1. The number of para-hydroxylation sites is 1. The number of nitrogens with one attached hydrogen (secondary N) is 1. The van der Waals surface area contributed by atoms with Crippen LogP contribution in [0.15, 0.2) is 54.6 Å². The minimum atomic E-state index is -0.973. The smallest absolute Gasteiger partial charge is 0.338 e. The molecule has 2 aromatic carbocycles. The lowest BCUT2D eigenvalue weighted by Crippen LogP contribution is -2.30. The zero-order valence-electron chi connectivity index (χ0n) is 11.9. The molecule has 0 bridgehead atoms. The molecule has 5 nitrogen and oxygen atoms in total. The van der Waals surface area contributed by atoms with E-state index in [2.05, 4.69) is 5.32 Å². The van der Waals surface area contributed by atoms with Crippen LogP contribution in [0.3, 0.4) is 0 Å². The van der Waals surface area contributed by atoms with E-state index in [4.69, 9.17) is 10.00 Å². The highest BCUT2D eigenvalue weighted by Gasteiger charge is 2.19. The standard InChI is InChI=1S/C17H14N2O3/c1-12(22-17(21)13-7-3-2-4-8-13)16(20)19-15-10-6-5-9-14(15)11-18/h2-10,12H,1H3,(H,19,20)/t12-/m1/s1. The third-order valence-electron chi connectivity index (χ3n) is 2.97. The number of nitrogens with zero attached hydrogens (tertiary/aromatic N) is 1. The number of hydrogen-bond donors (Lipinski definition) is 1. The summed E-state index contributed by atoms with van der Waals surface area (Å²) in [5.74, 6) is -1.07. The molecule has 0 saturated heterocycles. The average Bonchev–Trinajstić information content (AvgIpc) is 2.56. The monoisotopic (exact) mass is 294 g/mol. The molecule has 110 valence electrons. The first-order chi connectivity index (χ1) is 10.6. The molecule has 0 aromatic heterocycles. The van der Waals surface area contributed by atoms with Gasteiger partial charge in [-0.05, 0) is 31.2 Å². The summed E-state index contributed by atoms with van der Waals surface area (Å²) in [5, 5.41) is 11.6. The van der Waals surface area contributed by atoms with Crippen molar-refractivity contribution in [1.29, 1.82) is 5.26 Å². The van der Waals surface area contributed by atoms with Crippen LogP contribution in [0.2, 0.25) is 0 Å². The second-order valence-electron chi connectivity index (χ2n) is 4.56. The van der Waals surface area contributed by atoms with Gasteiger partial charge in [-0.25, -0.2) is 4.79 Å². The Morgan fingerprint density at radius 2 is 1.73 bits per heavy atom. The number of carbonyl (C=O) groups excluding carboxylic acids is 2. The van der Waals surface area contributed by atoms with Crippen molar-refractivity contribution < 1.29 is 14.3 Å². The molecule has 0 heterocycles. The summed E-state index contributed by atoms with van der Waals surface area (Å²) < 4.78 is 5.11. The second kappa shape index (κ2) is 7.04. The van der Waals surface area contributed by atoms with Crippen molar-refractivity contribution >= 4 is 17.6 Å². The highest BCUT2D eigenvalue weighted by atomic mass is 16.5. The number of hydrogen-bond acceptors (Lipinski definition) is 4. The Morgan fingerprint density at radius 1 is 1.09 bits per heavy atom. The fourth-order valence-corrected chi connectivity index (χ4v) is 1.78. The molecule has 1 amide bonds. The van der Waals surface area contributed by atoms with E-state index in [1.807, 2.05) is 6.07 Å². The SMILES string of the molecule is C[C@@H](OC(=O)c1ccccc1)C(=O)Nc1ccccc1C#N. The van der Waals surface area contributed by atoms with Crippen molar-refractivity contribution in [2.45, 2.75) is 13.0 Å². The molecule has 0 radical (unpaired) electrons. The Balaban J connectivity index is 2.01. The van der Waals surface area contributed by atoms with E-state index in [9.17, 15) is 9.59 Å². The molecule has 5 heteroatoms. The number of rotatable bonds is 4. The van der Waals surface area contributed by atoms with E-state index in [-0.39, 0.29) is 0 Å².